The van der Waals surface area contributed by atoms with Gasteiger partial charge in [0.05, 0.1) is 12.8 Å². The van der Waals surface area contributed by atoms with E-state index >= 15 is 0 Å². The molecule has 0 unspecified atom stereocenters. The first-order chi connectivity index (χ1) is 12.4. The van der Waals surface area contributed by atoms with E-state index in [0.717, 1.165) is 11.3 Å². The number of hydrogen-bond donors (Lipinski definition) is 2. The molecule has 0 radical (unpaired) electrons. The zero-order valence-corrected chi connectivity index (χ0v) is 15.6. The van der Waals surface area contributed by atoms with Crippen molar-refractivity contribution < 1.29 is 23.1 Å². The SMILES string of the molecule is COC(=O)CCc1cc(NS(=O)(=O)c2cccs2)c2ccccc2c1O. The fourth-order valence-electron chi connectivity index (χ4n) is 2.64. The Bertz CT molecular complexity index is 1040. The van der Waals surface area contributed by atoms with Crippen molar-refractivity contribution in [2.75, 3.05) is 11.8 Å². The largest absolute Gasteiger partial charge is 0.507 e. The third-order valence-electron chi connectivity index (χ3n) is 3.93. The quantitative estimate of drug-likeness (QED) is 0.495. The molecule has 136 valence electrons. The molecule has 2 N–H and O–H groups in total. The zero-order valence-electron chi connectivity index (χ0n) is 13.9. The minimum absolute atomic E-state index is 0.0311. The molecule has 3 rings (SSSR count). The number of esters is 1. The number of phenolic OH excluding ortho intramolecular Hbond substituents is 1. The monoisotopic (exact) mass is 391 g/mol. The highest BCUT2D eigenvalue weighted by atomic mass is 32.2. The molecule has 0 bridgehead atoms. The van der Waals surface area contributed by atoms with Gasteiger partial charge < -0.3 is 9.84 Å². The summed E-state index contributed by atoms with van der Waals surface area (Å²) >= 11 is 1.12. The number of fused-ring (bicyclic) bond motifs is 1. The minimum Gasteiger partial charge on any atom is -0.507 e. The lowest BCUT2D eigenvalue weighted by Gasteiger charge is -2.14. The average molecular weight is 391 g/mol. The van der Waals surface area contributed by atoms with Crippen molar-refractivity contribution in [2.24, 2.45) is 0 Å². The number of rotatable bonds is 6. The summed E-state index contributed by atoms with van der Waals surface area (Å²) in [5, 5.41) is 13.3. The highest BCUT2D eigenvalue weighted by Gasteiger charge is 2.19. The number of carbonyl (C=O) groups excluding carboxylic acids is 1. The predicted molar refractivity (Wildman–Crippen MR) is 101 cm³/mol. The van der Waals surface area contributed by atoms with Gasteiger partial charge in [-0.25, -0.2) is 8.42 Å². The van der Waals surface area contributed by atoms with Gasteiger partial charge in [0.25, 0.3) is 10.0 Å². The van der Waals surface area contributed by atoms with E-state index in [2.05, 4.69) is 9.46 Å². The van der Waals surface area contributed by atoms with Gasteiger partial charge in [-0.15, -0.1) is 11.3 Å². The second-order valence-electron chi connectivity index (χ2n) is 5.59. The van der Waals surface area contributed by atoms with Gasteiger partial charge in [0.15, 0.2) is 0 Å². The van der Waals surface area contributed by atoms with Crippen LogP contribution in [0, 0.1) is 0 Å². The van der Waals surface area contributed by atoms with Gasteiger partial charge in [-0.2, -0.15) is 0 Å². The summed E-state index contributed by atoms with van der Waals surface area (Å²) in [5.74, 6) is -0.373. The fraction of sp³-hybridized carbons (Fsp3) is 0.167. The van der Waals surface area contributed by atoms with E-state index in [9.17, 15) is 18.3 Å². The summed E-state index contributed by atoms with van der Waals surface area (Å²) in [7, 11) is -2.44. The second-order valence-corrected chi connectivity index (χ2v) is 8.45. The number of hydrogen-bond acceptors (Lipinski definition) is 6. The second kappa shape index (κ2) is 7.35. The lowest BCUT2D eigenvalue weighted by Crippen LogP contribution is -2.12. The molecule has 0 aliphatic heterocycles. The first-order valence-electron chi connectivity index (χ1n) is 7.79. The molecule has 3 aromatic rings. The van der Waals surface area contributed by atoms with E-state index in [1.54, 1.807) is 41.8 Å². The van der Waals surface area contributed by atoms with Gasteiger partial charge in [-0.3, -0.25) is 9.52 Å². The minimum atomic E-state index is -3.73. The molecule has 1 heterocycles. The molecule has 0 fully saturated rings. The van der Waals surface area contributed by atoms with Crippen LogP contribution in [0.15, 0.2) is 52.1 Å². The van der Waals surface area contributed by atoms with Crippen LogP contribution < -0.4 is 4.72 Å². The van der Waals surface area contributed by atoms with Gasteiger partial charge in [-0.05, 0) is 29.5 Å². The zero-order chi connectivity index (χ0) is 18.7. The van der Waals surface area contributed by atoms with Gasteiger partial charge in [0.1, 0.15) is 9.96 Å². The molecule has 0 spiro atoms. The van der Waals surface area contributed by atoms with E-state index in [1.807, 2.05) is 0 Å². The van der Waals surface area contributed by atoms with Crippen LogP contribution in [0.3, 0.4) is 0 Å². The van der Waals surface area contributed by atoms with E-state index in [-0.39, 0.29) is 22.8 Å². The van der Waals surface area contributed by atoms with Crippen molar-refractivity contribution in [3.8, 4) is 5.75 Å². The number of benzene rings is 2. The standard InChI is InChI=1S/C18H17NO5S2/c1-24-16(20)9-8-12-11-15(13-5-2-3-6-14(13)18(12)21)19-26(22,23)17-7-4-10-25-17/h2-7,10-11,19,21H,8-9H2,1H3. The third kappa shape index (κ3) is 3.66. The normalized spacial score (nSPS) is 11.4. The number of anilines is 1. The van der Waals surface area contributed by atoms with E-state index < -0.39 is 16.0 Å². The number of thiophene rings is 1. The van der Waals surface area contributed by atoms with Gasteiger partial charge >= 0.3 is 5.97 Å². The van der Waals surface area contributed by atoms with Crippen LogP contribution in [0.4, 0.5) is 5.69 Å². The topological polar surface area (TPSA) is 92.7 Å². The summed E-state index contributed by atoms with van der Waals surface area (Å²) in [6.07, 6.45) is 0.316. The van der Waals surface area contributed by atoms with Gasteiger partial charge in [0, 0.05) is 17.2 Å². The molecule has 0 atom stereocenters. The van der Waals surface area contributed by atoms with E-state index in [0.29, 0.717) is 22.0 Å². The molecular formula is C18H17NO5S2. The Morgan fingerprint density at radius 1 is 1.19 bits per heavy atom. The number of ether oxygens (including phenoxy) is 1. The summed E-state index contributed by atoms with van der Waals surface area (Å²) < 4.78 is 32.6. The summed E-state index contributed by atoms with van der Waals surface area (Å²) in [6, 6.07) is 11.7. The fourth-order valence-corrected chi connectivity index (χ4v) is 4.71. The lowest BCUT2D eigenvalue weighted by atomic mass is 10.0. The first-order valence-corrected chi connectivity index (χ1v) is 10.2. The van der Waals surface area contributed by atoms with Crippen LogP contribution in [0.2, 0.25) is 0 Å². The number of aromatic hydroxyl groups is 1. The number of carbonyl (C=O) groups is 1. The number of aryl methyl sites for hydroxylation is 1. The molecule has 26 heavy (non-hydrogen) atoms. The van der Waals surface area contributed by atoms with Crippen molar-refractivity contribution in [1.29, 1.82) is 0 Å². The maximum absolute atomic E-state index is 12.6. The van der Waals surface area contributed by atoms with Crippen molar-refractivity contribution in [3.05, 3.63) is 53.4 Å². The third-order valence-corrected chi connectivity index (χ3v) is 6.69. The lowest BCUT2D eigenvalue weighted by molar-refractivity contribution is -0.140. The van der Waals surface area contributed by atoms with Crippen LogP contribution in [0.5, 0.6) is 5.75 Å². The molecule has 6 nitrogen and oxygen atoms in total. The highest BCUT2D eigenvalue weighted by molar-refractivity contribution is 7.94. The van der Waals surface area contributed by atoms with Gasteiger partial charge in [0.2, 0.25) is 0 Å². The Hall–Kier alpha value is -2.58. The van der Waals surface area contributed by atoms with Crippen molar-refractivity contribution >= 4 is 43.8 Å². The number of methoxy groups -OCH3 is 1. The number of sulfonamides is 1. The first kappa shape index (κ1) is 18.2. The summed E-state index contributed by atoms with van der Waals surface area (Å²) in [4.78, 5) is 11.4. The molecule has 8 heteroatoms. The van der Waals surface area contributed by atoms with Crippen LogP contribution in [-0.4, -0.2) is 26.6 Å². The van der Waals surface area contributed by atoms with Crippen LogP contribution in [0.1, 0.15) is 12.0 Å². The molecule has 0 amide bonds. The van der Waals surface area contributed by atoms with Crippen molar-refractivity contribution in [1.82, 2.24) is 0 Å². The smallest absolute Gasteiger partial charge is 0.305 e. The Balaban J connectivity index is 2.06. The highest BCUT2D eigenvalue weighted by Crippen LogP contribution is 2.36. The van der Waals surface area contributed by atoms with E-state index in [4.69, 9.17) is 0 Å². The molecular weight excluding hydrogens is 374 g/mol. The Morgan fingerprint density at radius 3 is 2.58 bits per heavy atom. The number of phenols is 1. The van der Waals surface area contributed by atoms with Gasteiger partial charge in [-0.1, -0.05) is 30.3 Å². The molecule has 0 saturated heterocycles. The summed E-state index contributed by atoms with van der Waals surface area (Å²) in [5.41, 5.74) is 0.824. The molecule has 1 aromatic heterocycles. The number of nitrogens with one attached hydrogen (secondary N) is 1. The van der Waals surface area contributed by atoms with Crippen LogP contribution >= 0.6 is 11.3 Å². The summed E-state index contributed by atoms with van der Waals surface area (Å²) in [6.45, 7) is 0. The molecule has 0 aliphatic rings. The average Bonchev–Trinajstić information content (AvgIpc) is 3.18. The predicted octanol–water partition coefficient (Wildman–Crippen LogP) is 3.51. The Morgan fingerprint density at radius 2 is 1.92 bits per heavy atom. The maximum Gasteiger partial charge on any atom is 0.305 e. The molecule has 0 aliphatic carbocycles. The van der Waals surface area contributed by atoms with Crippen molar-refractivity contribution in [2.45, 2.75) is 17.1 Å². The Labute approximate surface area is 155 Å². The Kier molecular flexibility index (Phi) is 5.15. The molecule has 2 aromatic carbocycles. The molecule has 0 saturated carbocycles. The van der Waals surface area contributed by atoms with E-state index in [1.165, 1.54) is 13.2 Å². The van der Waals surface area contributed by atoms with Crippen molar-refractivity contribution in [3.63, 3.8) is 0 Å². The van der Waals surface area contributed by atoms with Crippen LogP contribution in [-0.2, 0) is 26.0 Å². The maximum atomic E-state index is 12.6. The van der Waals surface area contributed by atoms with Crippen LogP contribution in [0.25, 0.3) is 10.8 Å².